The highest BCUT2D eigenvalue weighted by molar-refractivity contribution is 5.67. The lowest BCUT2D eigenvalue weighted by atomic mass is 10.2. The second kappa shape index (κ2) is 9.40. The molecule has 2 rings (SSSR count). The standard InChI is InChI=1S/C16H25N3O3/c17-15-6-8-19(12-15)9-11-21-10-7-18-16(20)22-13-14-4-2-1-3-5-14/h1-5,15H,6-13,17H2,(H,18,20)/t15-/m0/s1. The number of amides is 1. The van der Waals surface area contributed by atoms with Crippen molar-refractivity contribution in [3.05, 3.63) is 35.9 Å². The molecule has 22 heavy (non-hydrogen) atoms. The molecule has 1 amide bonds. The SMILES string of the molecule is N[C@H]1CCN(CCOCCNC(=O)OCc2ccccc2)C1. The number of carbonyl (C=O) groups excluding carboxylic acids is 1. The Morgan fingerprint density at radius 2 is 2.14 bits per heavy atom. The van der Waals surface area contributed by atoms with Crippen LogP contribution in [0.5, 0.6) is 0 Å². The van der Waals surface area contributed by atoms with Gasteiger partial charge in [-0.1, -0.05) is 30.3 Å². The number of alkyl carbamates (subject to hydrolysis) is 1. The average Bonchev–Trinajstić information content (AvgIpc) is 2.95. The van der Waals surface area contributed by atoms with Crippen molar-refractivity contribution in [2.45, 2.75) is 19.1 Å². The first-order chi connectivity index (χ1) is 10.7. The predicted molar refractivity (Wildman–Crippen MR) is 84.5 cm³/mol. The van der Waals surface area contributed by atoms with E-state index in [9.17, 15) is 4.79 Å². The first kappa shape index (κ1) is 16.7. The van der Waals surface area contributed by atoms with Gasteiger partial charge in [0.1, 0.15) is 6.61 Å². The largest absolute Gasteiger partial charge is 0.445 e. The topological polar surface area (TPSA) is 76.8 Å². The molecule has 1 aliphatic heterocycles. The maximum absolute atomic E-state index is 11.5. The van der Waals surface area contributed by atoms with Crippen molar-refractivity contribution in [1.29, 1.82) is 0 Å². The number of hydrogen-bond donors (Lipinski definition) is 2. The van der Waals surface area contributed by atoms with Crippen LogP contribution in [0, 0.1) is 0 Å². The number of likely N-dealkylation sites (tertiary alicyclic amines) is 1. The lowest BCUT2D eigenvalue weighted by Gasteiger charge is -2.15. The summed E-state index contributed by atoms with van der Waals surface area (Å²) in [6, 6.07) is 9.90. The van der Waals surface area contributed by atoms with Crippen molar-refractivity contribution >= 4 is 6.09 Å². The third-order valence-electron chi connectivity index (χ3n) is 3.59. The Labute approximate surface area is 131 Å². The minimum Gasteiger partial charge on any atom is -0.445 e. The second-order valence-electron chi connectivity index (χ2n) is 5.45. The van der Waals surface area contributed by atoms with Crippen LogP contribution in [0.4, 0.5) is 4.79 Å². The summed E-state index contributed by atoms with van der Waals surface area (Å²) in [4.78, 5) is 13.8. The summed E-state index contributed by atoms with van der Waals surface area (Å²) in [5.41, 5.74) is 6.81. The van der Waals surface area contributed by atoms with Crippen molar-refractivity contribution in [1.82, 2.24) is 10.2 Å². The number of ether oxygens (including phenoxy) is 2. The number of nitrogens with one attached hydrogen (secondary N) is 1. The summed E-state index contributed by atoms with van der Waals surface area (Å²) in [5.74, 6) is 0. The van der Waals surface area contributed by atoms with E-state index in [-0.39, 0.29) is 6.61 Å². The molecule has 1 aromatic rings. The molecule has 0 saturated carbocycles. The quantitative estimate of drug-likeness (QED) is 0.700. The van der Waals surface area contributed by atoms with E-state index in [1.54, 1.807) is 0 Å². The molecular weight excluding hydrogens is 282 g/mol. The van der Waals surface area contributed by atoms with Crippen molar-refractivity contribution in [3.63, 3.8) is 0 Å². The number of nitrogens with zero attached hydrogens (tertiary/aromatic N) is 1. The Morgan fingerprint density at radius 1 is 1.32 bits per heavy atom. The van der Waals surface area contributed by atoms with Crippen LogP contribution < -0.4 is 11.1 Å². The van der Waals surface area contributed by atoms with Gasteiger partial charge in [0.05, 0.1) is 13.2 Å². The summed E-state index contributed by atoms with van der Waals surface area (Å²) in [7, 11) is 0. The van der Waals surface area contributed by atoms with Crippen LogP contribution in [0.15, 0.2) is 30.3 Å². The molecule has 1 atom stereocenters. The zero-order chi connectivity index (χ0) is 15.6. The second-order valence-corrected chi connectivity index (χ2v) is 5.45. The highest BCUT2D eigenvalue weighted by atomic mass is 16.5. The highest BCUT2D eigenvalue weighted by Crippen LogP contribution is 2.05. The minimum atomic E-state index is -0.419. The summed E-state index contributed by atoms with van der Waals surface area (Å²) < 4.78 is 10.6. The third kappa shape index (κ3) is 6.43. The van der Waals surface area contributed by atoms with Crippen LogP contribution in [0.3, 0.4) is 0 Å². The molecule has 1 heterocycles. The maximum Gasteiger partial charge on any atom is 0.407 e. The number of benzene rings is 1. The summed E-state index contributed by atoms with van der Waals surface area (Å²) in [6.07, 6.45) is 0.646. The summed E-state index contributed by atoms with van der Waals surface area (Å²) in [5, 5.41) is 2.67. The van der Waals surface area contributed by atoms with Gasteiger partial charge < -0.3 is 20.5 Å². The number of rotatable bonds is 8. The van der Waals surface area contributed by atoms with Crippen molar-refractivity contribution in [2.24, 2.45) is 5.73 Å². The van der Waals surface area contributed by atoms with Gasteiger partial charge in [-0.05, 0) is 18.5 Å². The van der Waals surface area contributed by atoms with Gasteiger partial charge in [0.15, 0.2) is 0 Å². The van der Waals surface area contributed by atoms with Gasteiger partial charge in [-0.15, -0.1) is 0 Å². The molecule has 0 radical (unpaired) electrons. The fourth-order valence-corrected chi connectivity index (χ4v) is 2.36. The van der Waals surface area contributed by atoms with E-state index in [1.165, 1.54) is 0 Å². The molecule has 1 saturated heterocycles. The zero-order valence-corrected chi connectivity index (χ0v) is 12.9. The summed E-state index contributed by atoms with van der Waals surface area (Å²) in [6.45, 7) is 4.78. The minimum absolute atomic E-state index is 0.281. The fraction of sp³-hybridized carbons (Fsp3) is 0.562. The highest BCUT2D eigenvalue weighted by Gasteiger charge is 2.17. The molecular formula is C16H25N3O3. The van der Waals surface area contributed by atoms with Crippen molar-refractivity contribution in [2.75, 3.05) is 39.4 Å². The number of hydrogen-bond acceptors (Lipinski definition) is 5. The van der Waals surface area contributed by atoms with Gasteiger partial charge in [0.25, 0.3) is 0 Å². The molecule has 1 aromatic carbocycles. The van der Waals surface area contributed by atoms with Gasteiger partial charge in [-0.25, -0.2) is 4.79 Å². The normalized spacial score (nSPS) is 18.3. The number of carbonyl (C=O) groups is 1. The van der Waals surface area contributed by atoms with Crippen LogP contribution in [0.1, 0.15) is 12.0 Å². The Hall–Kier alpha value is -1.63. The maximum atomic E-state index is 11.5. The van der Waals surface area contributed by atoms with Gasteiger partial charge in [-0.3, -0.25) is 4.90 Å². The molecule has 3 N–H and O–H groups in total. The third-order valence-corrected chi connectivity index (χ3v) is 3.59. The Balaban J connectivity index is 1.44. The van der Waals surface area contributed by atoms with Crippen molar-refractivity contribution in [3.8, 4) is 0 Å². The fourth-order valence-electron chi connectivity index (χ4n) is 2.36. The molecule has 1 fully saturated rings. The van der Waals surface area contributed by atoms with Crippen molar-refractivity contribution < 1.29 is 14.3 Å². The van der Waals surface area contributed by atoms with E-state index in [2.05, 4.69) is 10.2 Å². The van der Waals surface area contributed by atoms with Crippen LogP contribution in [-0.2, 0) is 16.1 Å². The van der Waals surface area contributed by atoms with E-state index in [0.29, 0.717) is 25.8 Å². The molecule has 6 nitrogen and oxygen atoms in total. The monoisotopic (exact) mass is 307 g/mol. The van der Waals surface area contributed by atoms with E-state index in [1.807, 2.05) is 30.3 Å². The molecule has 0 unspecified atom stereocenters. The Bertz CT molecular complexity index is 442. The lowest BCUT2D eigenvalue weighted by molar-refractivity contribution is 0.105. The molecule has 1 aliphatic rings. The van der Waals surface area contributed by atoms with E-state index in [0.717, 1.165) is 31.6 Å². The molecule has 6 heteroatoms. The van der Waals surface area contributed by atoms with Gasteiger partial charge in [0, 0.05) is 25.7 Å². The van der Waals surface area contributed by atoms with Crippen LogP contribution in [-0.4, -0.2) is 56.4 Å². The van der Waals surface area contributed by atoms with Crippen LogP contribution >= 0.6 is 0 Å². The zero-order valence-electron chi connectivity index (χ0n) is 12.9. The smallest absolute Gasteiger partial charge is 0.407 e. The first-order valence-electron chi connectivity index (χ1n) is 7.74. The van der Waals surface area contributed by atoms with Crippen LogP contribution in [0.25, 0.3) is 0 Å². The van der Waals surface area contributed by atoms with Gasteiger partial charge >= 0.3 is 6.09 Å². The number of nitrogens with two attached hydrogens (primary N) is 1. The van der Waals surface area contributed by atoms with Crippen LogP contribution in [0.2, 0.25) is 0 Å². The molecule has 0 bridgehead atoms. The van der Waals surface area contributed by atoms with E-state index < -0.39 is 6.09 Å². The van der Waals surface area contributed by atoms with Gasteiger partial charge in [0.2, 0.25) is 0 Å². The average molecular weight is 307 g/mol. The molecule has 0 aliphatic carbocycles. The van der Waals surface area contributed by atoms with E-state index in [4.69, 9.17) is 15.2 Å². The summed E-state index contributed by atoms with van der Waals surface area (Å²) >= 11 is 0. The molecule has 122 valence electrons. The Morgan fingerprint density at radius 3 is 2.86 bits per heavy atom. The Kier molecular flexibility index (Phi) is 7.15. The molecule has 0 spiro atoms. The van der Waals surface area contributed by atoms with E-state index >= 15 is 0 Å². The lowest BCUT2D eigenvalue weighted by Crippen LogP contribution is -2.31. The predicted octanol–water partition coefficient (Wildman–Crippen LogP) is 0.962. The first-order valence-corrected chi connectivity index (χ1v) is 7.74. The molecule has 0 aromatic heterocycles. The van der Waals surface area contributed by atoms with Gasteiger partial charge in [-0.2, -0.15) is 0 Å².